The van der Waals surface area contributed by atoms with Gasteiger partial charge in [0.05, 0.1) is 0 Å². The molecule has 1 heterocycles. The van der Waals surface area contributed by atoms with Gasteiger partial charge in [0.15, 0.2) is 5.16 Å². The van der Waals surface area contributed by atoms with Gasteiger partial charge in [-0.25, -0.2) is 0 Å². The summed E-state index contributed by atoms with van der Waals surface area (Å²) >= 11 is 1.80. The Labute approximate surface area is 136 Å². The van der Waals surface area contributed by atoms with Crippen LogP contribution in [0.25, 0.3) is 0 Å². The first-order valence-corrected chi connectivity index (χ1v) is 9.09. The molecule has 0 atom stereocenters. The van der Waals surface area contributed by atoms with Crippen LogP contribution in [0.15, 0.2) is 23.4 Å². The Morgan fingerprint density at radius 1 is 1.18 bits per heavy atom. The van der Waals surface area contributed by atoms with Gasteiger partial charge in [0.25, 0.3) is 0 Å². The average Bonchev–Trinajstić information content (AvgIpc) is 2.98. The monoisotopic (exact) mass is 316 g/mol. The third kappa shape index (κ3) is 3.83. The van der Waals surface area contributed by atoms with Crippen LogP contribution in [-0.4, -0.2) is 20.9 Å². The average molecular weight is 316 g/mol. The first-order chi connectivity index (χ1) is 10.7. The molecule has 2 aromatic rings. The first kappa shape index (κ1) is 15.4. The molecule has 0 aliphatic heterocycles. The second kappa shape index (κ2) is 7.18. The molecule has 0 bridgehead atoms. The number of aryl methyl sites for hydroxylation is 2. The van der Waals surface area contributed by atoms with E-state index in [1.165, 1.54) is 43.2 Å². The molecular weight excluding hydrogens is 292 g/mol. The van der Waals surface area contributed by atoms with Crippen molar-refractivity contribution < 1.29 is 0 Å². The van der Waals surface area contributed by atoms with E-state index in [1.807, 2.05) is 0 Å². The SMILES string of the molecule is Cc1cccc(C)c1Nc1n[nH]c(SCC2CCCCC2)n1. The lowest BCUT2D eigenvalue weighted by Gasteiger charge is -2.20. The zero-order valence-electron chi connectivity index (χ0n) is 13.4. The van der Waals surface area contributed by atoms with Crippen LogP contribution in [0.1, 0.15) is 43.2 Å². The van der Waals surface area contributed by atoms with E-state index in [4.69, 9.17) is 0 Å². The predicted molar refractivity (Wildman–Crippen MR) is 92.9 cm³/mol. The van der Waals surface area contributed by atoms with Crippen molar-refractivity contribution in [2.24, 2.45) is 5.92 Å². The predicted octanol–water partition coefficient (Wildman–Crippen LogP) is 4.84. The van der Waals surface area contributed by atoms with E-state index in [9.17, 15) is 0 Å². The molecule has 118 valence electrons. The third-order valence-electron chi connectivity index (χ3n) is 4.36. The summed E-state index contributed by atoms with van der Waals surface area (Å²) in [7, 11) is 0. The summed E-state index contributed by atoms with van der Waals surface area (Å²) in [6.45, 7) is 4.20. The van der Waals surface area contributed by atoms with E-state index in [1.54, 1.807) is 11.8 Å². The molecule has 0 amide bonds. The van der Waals surface area contributed by atoms with Gasteiger partial charge in [-0.2, -0.15) is 4.98 Å². The van der Waals surface area contributed by atoms with E-state index in [-0.39, 0.29) is 0 Å². The van der Waals surface area contributed by atoms with Crippen LogP contribution in [0.2, 0.25) is 0 Å². The number of hydrogen-bond donors (Lipinski definition) is 2. The number of nitrogens with one attached hydrogen (secondary N) is 2. The highest BCUT2D eigenvalue weighted by Crippen LogP contribution is 2.29. The van der Waals surface area contributed by atoms with Crippen LogP contribution in [0.5, 0.6) is 0 Å². The van der Waals surface area contributed by atoms with Crippen molar-refractivity contribution in [2.75, 3.05) is 11.1 Å². The molecule has 2 N–H and O–H groups in total. The molecule has 0 saturated heterocycles. The number of benzene rings is 1. The summed E-state index contributed by atoms with van der Waals surface area (Å²) in [6, 6.07) is 6.26. The molecule has 4 nitrogen and oxygen atoms in total. The zero-order valence-corrected chi connectivity index (χ0v) is 14.2. The Kier molecular flexibility index (Phi) is 5.03. The molecule has 1 fully saturated rings. The van der Waals surface area contributed by atoms with Gasteiger partial charge in [0, 0.05) is 11.4 Å². The Morgan fingerprint density at radius 3 is 2.64 bits per heavy atom. The Morgan fingerprint density at radius 2 is 1.91 bits per heavy atom. The standard InChI is InChI=1S/C17H24N4S/c1-12-7-6-8-13(2)15(12)18-16-19-17(21-20-16)22-11-14-9-4-3-5-10-14/h6-8,14H,3-5,9-11H2,1-2H3,(H2,18,19,20,21). The highest BCUT2D eigenvalue weighted by atomic mass is 32.2. The summed E-state index contributed by atoms with van der Waals surface area (Å²) in [5, 5.41) is 11.6. The number of nitrogens with zero attached hydrogens (tertiary/aromatic N) is 2. The molecule has 3 rings (SSSR count). The number of para-hydroxylation sites is 1. The second-order valence-corrected chi connectivity index (χ2v) is 7.18. The van der Waals surface area contributed by atoms with Crippen LogP contribution < -0.4 is 5.32 Å². The van der Waals surface area contributed by atoms with Gasteiger partial charge in [0.2, 0.25) is 5.95 Å². The molecule has 1 aliphatic rings. The highest BCUT2D eigenvalue weighted by Gasteiger charge is 2.15. The Balaban J connectivity index is 1.59. The lowest BCUT2D eigenvalue weighted by Crippen LogP contribution is -2.08. The molecule has 1 aromatic carbocycles. The van der Waals surface area contributed by atoms with Gasteiger partial charge in [-0.05, 0) is 43.7 Å². The highest BCUT2D eigenvalue weighted by molar-refractivity contribution is 7.99. The lowest BCUT2D eigenvalue weighted by molar-refractivity contribution is 0.391. The third-order valence-corrected chi connectivity index (χ3v) is 5.46. The Hall–Kier alpha value is -1.49. The van der Waals surface area contributed by atoms with Crippen molar-refractivity contribution in [3.05, 3.63) is 29.3 Å². The van der Waals surface area contributed by atoms with Crippen LogP contribution >= 0.6 is 11.8 Å². The number of rotatable bonds is 5. The molecule has 0 spiro atoms. The van der Waals surface area contributed by atoms with Gasteiger partial charge in [-0.15, -0.1) is 5.10 Å². The maximum atomic E-state index is 4.56. The fraction of sp³-hybridized carbons (Fsp3) is 0.529. The lowest BCUT2D eigenvalue weighted by atomic mass is 9.91. The fourth-order valence-corrected chi connectivity index (χ4v) is 4.03. The van der Waals surface area contributed by atoms with Gasteiger partial charge in [-0.3, -0.25) is 5.10 Å². The second-order valence-electron chi connectivity index (χ2n) is 6.17. The van der Waals surface area contributed by atoms with Gasteiger partial charge >= 0.3 is 0 Å². The molecule has 0 radical (unpaired) electrons. The summed E-state index contributed by atoms with van der Waals surface area (Å²) in [5.41, 5.74) is 3.52. The molecule has 0 unspecified atom stereocenters. The molecule has 22 heavy (non-hydrogen) atoms. The molecule has 1 aliphatic carbocycles. The van der Waals surface area contributed by atoms with E-state index >= 15 is 0 Å². The van der Waals surface area contributed by atoms with Crippen LogP contribution in [0.4, 0.5) is 11.6 Å². The van der Waals surface area contributed by atoms with Gasteiger partial charge in [0.1, 0.15) is 0 Å². The minimum atomic E-state index is 0.656. The molecule has 1 aromatic heterocycles. The number of thioether (sulfide) groups is 1. The van der Waals surface area contributed by atoms with Crippen molar-refractivity contribution in [1.29, 1.82) is 0 Å². The number of H-pyrrole nitrogens is 1. The molecule has 5 heteroatoms. The van der Waals surface area contributed by atoms with Crippen molar-refractivity contribution >= 4 is 23.4 Å². The van der Waals surface area contributed by atoms with Gasteiger partial charge in [-0.1, -0.05) is 49.2 Å². The van der Waals surface area contributed by atoms with E-state index in [0.717, 1.165) is 22.5 Å². The topological polar surface area (TPSA) is 53.6 Å². The largest absolute Gasteiger partial charge is 0.322 e. The van der Waals surface area contributed by atoms with E-state index in [2.05, 4.69) is 52.5 Å². The number of aromatic nitrogens is 3. The minimum absolute atomic E-state index is 0.656. The van der Waals surface area contributed by atoms with Crippen molar-refractivity contribution in [1.82, 2.24) is 15.2 Å². The minimum Gasteiger partial charge on any atom is -0.322 e. The van der Waals surface area contributed by atoms with E-state index in [0.29, 0.717) is 5.95 Å². The summed E-state index contributed by atoms with van der Waals surface area (Å²) in [4.78, 5) is 4.56. The normalized spacial score (nSPS) is 15.9. The maximum Gasteiger partial charge on any atom is 0.247 e. The smallest absolute Gasteiger partial charge is 0.247 e. The summed E-state index contributed by atoms with van der Waals surface area (Å²) < 4.78 is 0. The number of hydrogen-bond acceptors (Lipinski definition) is 4. The quantitative estimate of drug-likeness (QED) is 0.775. The molecular formula is C17H24N4S. The Bertz CT molecular complexity index is 597. The number of aromatic amines is 1. The van der Waals surface area contributed by atoms with E-state index < -0.39 is 0 Å². The first-order valence-electron chi connectivity index (χ1n) is 8.11. The van der Waals surface area contributed by atoms with Crippen LogP contribution in [0.3, 0.4) is 0 Å². The van der Waals surface area contributed by atoms with Crippen molar-refractivity contribution in [3.8, 4) is 0 Å². The summed E-state index contributed by atoms with van der Waals surface area (Å²) in [6.07, 6.45) is 6.93. The fourth-order valence-electron chi connectivity index (χ4n) is 3.04. The summed E-state index contributed by atoms with van der Waals surface area (Å²) in [5.74, 6) is 2.65. The van der Waals surface area contributed by atoms with Gasteiger partial charge < -0.3 is 5.32 Å². The maximum absolute atomic E-state index is 4.56. The number of anilines is 2. The van der Waals surface area contributed by atoms with Crippen molar-refractivity contribution in [3.63, 3.8) is 0 Å². The van der Waals surface area contributed by atoms with Crippen LogP contribution in [-0.2, 0) is 0 Å². The molecule has 1 saturated carbocycles. The van der Waals surface area contributed by atoms with Crippen molar-refractivity contribution in [2.45, 2.75) is 51.1 Å². The van der Waals surface area contributed by atoms with Crippen LogP contribution in [0, 0.1) is 19.8 Å². The zero-order chi connectivity index (χ0) is 15.4.